The molecule has 0 unspecified atom stereocenters. The van der Waals surface area contributed by atoms with Gasteiger partial charge < -0.3 is 0 Å². The molecule has 1 aliphatic carbocycles. The summed E-state index contributed by atoms with van der Waals surface area (Å²) in [5.74, 6) is 0. The van der Waals surface area contributed by atoms with Gasteiger partial charge in [0.15, 0.2) is 0 Å². The molecule has 0 bridgehead atoms. The zero-order valence-corrected chi connectivity index (χ0v) is 9.88. The van der Waals surface area contributed by atoms with Gasteiger partial charge in [0.2, 0.25) is 0 Å². The average Bonchev–Trinajstić information content (AvgIpc) is 2.32. The lowest BCUT2D eigenvalue weighted by molar-refractivity contribution is 0.979. The van der Waals surface area contributed by atoms with Gasteiger partial charge in [-0.05, 0) is 60.1 Å². The molecule has 0 saturated heterocycles. The minimum atomic E-state index is 1.10. The number of hydrogen-bond donors (Lipinski definition) is 0. The summed E-state index contributed by atoms with van der Waals surface area (Å²) in [5, 5.41) is 0. The maximum absolute atomic E-state index is 2.30. The Kier molecular flexibility index (Phi) is 2.10. The van der Waals surface area contributed by atoms with Crippen molar-refractivity contribution in [3.8, 4) is 0 Å². The predicted octanol–water partition coefficient (Wildman–Crippen LogP) is 3.80. The van der Waals surface area contributed by atoms with Crippen molar-refractivity contribution in [1.82, 2.24) is 0 Å². The minimum Gasteiger partial charge on any atom is -0.0620 e. The molecule has 0 N–H and O–H groups in total. The van der Waals surface area contributed by atoms with Crippen LogP contribution in [0.25, 0.3) is 0 Å². The van der Waals surface area contributed by atoms with Crippen LogP contribution in [0.3, 0.4) is 0 Å². The van der Waals surface area contributed by atoms with Gasteiger partial charge in [0, 0.05) is 0 Å². The third-order valence-electron chi connectivity index (χ3n) is 3.83. The lowest BCUT2D eigenvalue weighted by Gasteiger charge is -2.22. The van der Waals surface area contributed by atoms with Gasteiger partial charge in [-0.15, -0.1) is 0 Å². The first-order valence-electron chi connectivity index (χ1n) is 5.90. The maximum Gasteiger partial charge on any atom is -0.00173 e. The Morgan fingerprint density at radius 1 is 0.750 bits per heavy atom. The van der Waals surface area contributed by atoms with Gasteiger partial charge in [-0.3, -0.25) is 0 Å². The van der Waals surface area contributed by atoms with Gasteiger partial charge in [0.05, 0.1) is 0 Å². The smallest absolute Gasteiger partial charge is 0.00173 e. The van der Waals surface area contributed by atoms with E-state index in [0.717, 1.165) is 12.8 Å². The third kappa shape index (κ3) is 1.37. The molecule has 0 nitrogen and oxygen atoms in total. The van der Waals surface area contributed by atoms with E-state index in [0.29, 0.717) is 0 Å². The quantitative estimate of drug-likeness (QED) is 0.527. The van der Waals surface area contributed by atoms with Crippen LogP contribution in [0, 0.1) is 13.8 Å². The standard InChI is InChI=1S/C16H16/c1-11-7-8-15-9-13-5-3-4-6-14(13)10-16(15)12(11)2/h3-8H,9-10H2,1-2H3. The molecule has 16 heavy (non-hydrogen) atoms. The molecule has 80 valence electrons. The van der Waals surface area contributed by atoms with Crippen molar-refractivity contribution in [3.63, 3.8) is 0 Å². The molecule has 1 aliphatic rings. The van der Waals surface area contributed by atoms with Crippen LogP contribution in [0.2, 0.25) is 0 Å². The third-order valence-corrected chi connectivity index (χ3v) is 3.83. The van der Waals surface area contributed by atoms with Crippen molar-refractivity contribution in [2.24, 2.45) is 0 Å². The zero-order valence-electron chi connectivity index (χ0n) is 9.88. The number of benzene rings is 2. The van der Waals surface area contributed by atoms with Crippen molar-refractivity contribution in [3.05, 3.63) is 69.8 Å². The van der Waals surface area contributed by atoms with Gasteiger partial charge in [0.1, 0.15) is 0 Å². The highest BCUT2D eigenvalue weighted by atomic mass is 14.2. The Labute approximate surface area is 96.9 Å². The summed E-state index contributed by atoms with van der Waals surface area (Å²) in [6.07, 6.45) is 2.21. The molecular formula is C16H16. The number of aryl methyl sites for hydroxylation is 1. The molecule has 0 radical (unpaired) electrons. The number of rotatable bonds is 0. The summed E-state index contributed by atoms with van der Waals surface area (Å²) in [5.41, 5.74) is 8.97. The fraction of sp³-hybridized carbons (Fsp3) is 0.250. The number of hydrogen-bond acceptors (Lipinski definition) is 0. The molecule has 0 atom stereocenters. The van der Waals surface area contributed by atoms with Crippen LogP contribution in [0.15, 0.2) is 36.4 Å². The molecule has 0 fully saturated rings. The lowest BCUT2D eigenvalue weighted by atomic mass is 9.83. The van der Waals surface area contributed by atoms with Crippen molar-refractivity contribution >= 4 is 0 Å². The van der Waals surface area contributed by atoms with Crippen molar-refractivity contribution in [2.75, 3.05) is 0 Å². The van der Waals surface area contributed by atoms with Gasteiger partial charge in [-0.25, -0.2) is 0 Å². The molecule has 2 aromatic rings. The van der Waals surface area contributed by atoms with E-state index >= 15 is 0 Å². The maximum atomic E-state index is 2.30. The highest BCUT2D eigenvalue weighted by Crippen LogP contribution is 2.30. The second kappa shape index (κ2) is 3.48. The average molecular weight is 208 g/mol. The summed E-state index contributed by atoms with van der Waals surface area (Å²) in [7, 11) is 0. The Morgan fingerprint density at radius 3 is 2.19 bits per heavy atom. The predicted molar refractivity (Wildman–Crippen MR) is 68.0 cm³/mol. The second-order valence-electron chi connectivity index (χ2n) is 4.77. The van der Waals surface area contributed by atoms with E-state index < -0.39 is 0 Å². The SMILES string of the molecule is Cc1ccc2c(c1C)Cc1ccccc1C2. The van der Waals surface area contributed by atoms with Gasteiger partial charge in [-0.1, -0.05) is 36.4 Å². The molecule has 0 amide bonds. The van der Waals surface area contributed by atoms with Crippen LogP contribution in [0.1, 0.15) is 33.4 Å². The molecule has 0 saturated carbocycles. The fourth-order valence-corrected chi connectivity index (χ4v) is 2.64. The molecule has 0 heteroatoms. The summed E-state index contributed by atoms with van der Waals surface area (Å²) in [6.45, 7) is 4.46. The van der Waals surface area contributed by atoms with Crippen LogP contribution >= 0.6 is 0 Å². The summed E-state index contributed by atoms with van der Waals surface area (Å²) in [4.78, 5) is 0. The van der Waals surface area contributed by atoms with Crippen LogP contribution < -0.4 is 0 Å². The Balaban J connectivity index is 2.16. The fourth-order valence-electron chi connectivity index (χ4n) is 2.64. The Hall–Kier alpha value is -1.56. The van der Waals surface area contributed by atoms with E-state index in [-0.39, 0.29) is 0 Å². The first-order chi connectivity index (χ1) is 7.75. The molecule has 3 rings (SSSR count). The zero-order chi connectivity index (χ0) is 11.1. The van der Waals surface area contributed by atoms with E-state index in [1.165, 1.54) is 27.8 Å². The summed E-state index contributed by atoms with van der Waals surface area (Å²) in [6, 6.07) is 13.4. The van der Waals surface area contributed by atoms with Crippen molar-refractivity contribution in [2.45, 2.75) is 26.7 Å². The molecule has 0 heterocycles. The lowest BCUT2D eigenvalue weighted by Crippen LogP contribution is -2.09. The van der Waals surface area contributed by atoms with E-state index in [1.54, 1.807) is 5.56 Å². The van der Waals surface area contributed by atoms with E-state index in [1.807, 2.05) is 0 Å². The van der Waals surface area contributed by atoms with E-state index in [9.17, 15) is 0 Å². The second-order valence-corrected chi connectivity index (χ2v) is 4.77. The normalized spacial score (nSPS) is 13.1. The molecular weight excluding hydrogens is 192 g/mol. The minimum absolute atomic E-state index is 1.10. The summed E-state index contributed by atoms with van der Waals surface area (Å²) < 4.78 is 0. The van der Waals surface area contributed by atoms with Crippen LogP contribution in [0.5, 0.6) is 0 Å². The highest BCUT2D eigenvalue weighted by molar-refractivity contribution is 5.50. The summed E-state index contributed by atoms with van der Waals surface area (Å²) >= 11 is 0. The molecule has 0 aliphatic heterocycles. The van der Waals surface area contributed by atoms with Crippen LogP contribution in [-0.2, 0) is 12.8 Å². The van der Waals surface area contributed by atoms with E-state index in [2.05, 4.69) is 50.2 Å². The van der Waals surface area contributed by atoms with Crippen LogP contribution in [-0.4, -0.2) is 0 Å². The topological polar surface area (TPSA) is 0 Å². The largest absolute Gasteiger partial charge is 0.0620 e. The van der Waals surface area contributed by atoms with E-state index in [4.69, 9.17) is 0 Å². The molecule has 0 spiro atoms. The molecule has 2 aromatic carbocycles. The Bertz CT molecular complexity index is 550. The first-order valence-corrected chi connectivity index (χ1v) is 5.90. The Morgan fingerprint density at radius 2 is 1.44 bits per heavy atom. The number of fused-ring (bicyclic) bond motifs is 2. The first kappa shape index (κ1) is 9.65. The van der Waals surface area contributed by atoms with Crippen LogP contribution in [0.4, 0.5) is 0 Å². The monoisotopic (exact) mass is 208 g/mol. The van der Waals surface area contributed by atoms with Crippen molar-refractivity contribution in [1.29, 1.82) is 0 Å². The van der Waals surface area contributed by atoms with Gasteiger partial charge in [-0.2, -0.15) is 0 Å². The van der Waals surface area contributed by atoms with Gasteiger partial charge in [0.25, 0.3) is 0 Å². The van der Waals surface area contributed by atoms with Gasteiger partial charge >= 0.3 is 0 Å². The van der Waals surface area contributed by atoms with Crippen molar-refractivity contribution < 1.29 is 0 Å². The molecule has 0 aromatic heterocycles. The highest BCUT2D eigenvalue weighted by Gasteiger charge is 2.16.